The summed E-state index contributed by atoms with van der Waals surface area (Å²) in [7, 11) is 3.75. The number of halogens is 3. The Bertz CT molecular complexity index is 288. The van der Waals surface area contributed by atoms with Crippen molar-refractivity contribution in [2.24, 2.45) is 0 Å². The van der Waals surface area contributed by atoms with Gasteiger partial charge < -0.3 is 15.1 Å². The molecular formula is C12H22F3N3O. The maximum Gasteiger partial charge on any atom is 0.405 e. The number of amides is 2. The van der Waals surface area contributed by atoms with Crippen molar-refractivity contribution < 1.29 is 18.0 Å². The number of alkyl halides is 3. The lowest BCUT2D eigenvalue weighted by molar-refractivity contribution is -0.123. The molecule has 0 unspecified atom stereocenters. The van der Waals surface area contributed by atoms with E-state index in [0.29, 0.717) is 13.1 Å². The second-order valence-electron chi connectivity index (χ2n) is 5.21. The van der Waals surface area contributed by atoms with Gasteiger partial charge in [0, 0.05) is 19.1 Å². The number of likely N-dealkylation sites (N-methyl/N-ethyl adjacent to an activating group) is 1. The Labute approximate surface area is 111 Å². The summed E-state index contributed by atoms with van der Waals surface area (Å²) in [6.07, 6.45) is -0.524. The zero-order valence-corrected chi connectivity index (χ0v) is 11.5. The van der Waals surface area contributed by atoms with E-state index in [4.69, 9.17) is 0 Å². The van der Waals surface area contributed by atoms with Gasteiger partial charge in [0.25, 0.3) is 0 Å². The van der Waals surface area contributed by atoms with E-state index < -0.39 is 18.8 Å². The Balaban J connectivity index is 2.53. The molecule has 1 saturated carbocycles. The largest absolute Gasteiger partial charge is 0.405 e. The molecule has 2 amide bonds. The van der Waals surface area contributed by atoms with Gasteiger partial charge in [0.1, 0.15) is 6.54 Å². The molecule has 0 aromatic heterocycles. The number of carbonyl (C=O) groups excluding carboxylic acids is 1. The summed E-state index contributed by atoms with van der Waals surface area (Å²) in [5.74, 6) is 0. The predicted octanol–water partition coefficient (Wildman–Crippen LogP) is 2.06. The van der Waals surface area contributed by atoms with E-state index >= 15 is 0 Å². The van der Waals surface area contributed by atoms with E-state index in [-0.39, 0.29) is 6.04 Å². The molecule has 0 bridgehead atoms. The highest BCUT2D eigenvalue weighted by atomic mass is 19.4. The molecule has 112 valence electrons. The fourth-order valence-corrected chi connectivity index (χ4v) is 2.25. The van der Waals surface area contributed by atoms with Crippen LogP contribution in [0, 0.1) is 0 Å². The van der Waals surface area contributed by atoms with Crippen LogP contribution in [0.3, 0.4) is 0 Å². The summed E-state index contributed by atoms with van der Waals surface area (Å²) in [6, 6.07) is -0.528. The Morgan fingerprint density at radius 2 is 1.79 bits per heavy atom. The summed E-state index contributed by atoms with van der Waals surface area (Å²) >= 11 is 0. The van der Waals surface area contributed by atoms with Crippen LogP contribution in [-0.4, -0.2) is 61.8 Å². The van der Waals surface area contributed by atoms with Gasteiger partial charge in [0.15, 0.2) is 0 Å². The van der Waals surface area contributed by atoms with E-state index in [1.807, 2.05) is 24.3 Å². The molecular weight excluding hydrogens is 259 g/mol. The molecule has 0 radical (unpaired) electrons. The predicted molar refractivity (Wildman–Crippen MR) is 67.0 cm³/mol. The third-order valence-corrected chi connectivity index (χ3v) is 3.25. The van der Waals surface area contributed by atoms with Crippen LogP contribution in [-0.2, 0) is 0 Å². The molecule has 19 heavy (non-hydrogen) atoms. The van der Waals surface area contributed by atoms with Crippen molar-refractivity contribution in [2.75, 3.05) is 33.7 Å². The number of hydrogen-bond acceptors (Lipinski definition) is 2. The van der Waals surface area contributed by atoms with Crippen molar-refractivity contribution in [1.82, 2.24) is 15.1 Å². The van der Waals surface area contributed by atoms with Gasteiger partial charge in [-0.1, -0.05) is 12.8 Å². The summed E-state index contributed by atoms with van der Waals surface area (Å²) in [4.78, 5) is 15.4. The maximum absolute atomic E-state index is 12.1. The van der Waals surface area contributed by atoms with Gasteiger partial charge in [0.05, 0.1) is 0 Å². The van der Waals surface area contributed by atoms with Crippen molar-refractivity contribution in [3.63, 3.8) is 0 Å². The van der Waals surface area contributed by atoms with E-state index in [0.717, 1.165) is 25.7 Å². The highest BCUT2D eigenvalue weighted by Crippen LogP contribution is 2.23. The Kier molecular flexibility index (Phi) is 5.90. The third kappa shape index (κ3) is 6.13. The first-order chi connectivity index (χ1) is 8.79. The molecule has 0 aromatic carbocycles. The zero-order valence-electron chi connectivity index (χ0n) is 11.5. The highest BCUT2D eigenvalue weighted by molar-refractivity contribution is 5.74. The van der Waals surface area contributed by atoms with E-state index in [1.54, 1.807) is 4.90 Å². The minimum atomic E-state index is -4.36. The summed E-state index contributed by atoms with van der Waals surface area (Å²) in [6.45, 7) is -0.158. The second-order valence-corrected chi connectivity index (χ2v) is 5.21. The first-order valence-corrected chi connectivity index (χ1v) is 6.55. The normalized spacial score (nSPS) is 16.9. The molecule has 7 heteroatoms. The topological polar surface area (TPSA) is 35.6 Å². The minimum absolute atomic E-state index is 0.0770. The fraction of sp³-hybridized carbons (Fsp3) is 0.917. The molecule has 1 aliphatic rings. The molecule has 4 nitrogen and oxygen atoms in total. The minimum Gasteiger partial charge on any atom is -0.329 e. The number of nitrogens with one attached hydrogen (secondary N) is 1. The number of hydrogen-bond donors (Lipinski definition) is 1. The first kappa shape index (κ1) is 16.1. The molecule has 1 fully saturated rings. The lowest BCUT2D eigenvalue weighted by Crippen LogP contribution is -2.49. The molecule has 0 aromatic rings. The van der Waals surface area contributed by atoms with Gasteiger partial charge in [-0.15, -0.1) is 0 Å². The monoisotopic (exact) mass is 281 g/mol. The van der Waals surface area contributed by atoms with Crippen molar-refractivity contribution in [1.29, 1.82) is 0 Å². The molecule has 0 spiro atoms. The van der Waals surface area contributed by atoms with Crippen molar-refractivity contribution in [3.05, 3.63) is 0 Å². The van der Waals surface area contributed by atoms with Gasteiger partial charge in [-0.3, -0.25) is 0 Å². The number of urea groups is 1. The van der Waals surface area contributed by atoms with Crippen LogP contribution in [0.4, 0.5) is 18.0 Å². The smallest absolute Gasteiger partial charge is 0.329 e. The van der Waals surface area contributed by atoms with Crippen LogP contribution in [0.15, 0.2) is 0 Å². The average molecular weight is 281 g/mol. The maximum atomic E-state index is 12.1. The molecule has 1 rings (SSSR count). The molecule has 0 saturated heterocycles. The number of carbonyl (C=O) groups is 1. The summed E-state index contributed by atoms with van der Waals surface area (Å²) < 4.78 is 36.4. The zero-order chi connectivity index (χ0) is 14.5. The summed E-state index contributed by atoms with van der Waals surface area (Å²) in [5.41, 5.74) is 0. The average Bonchev–Trinajstić information content (AvgIpc) is 2.79. The molecule has 0 atom stereocenters. The van der Waals surface area contributed by atoms with Gasteiger partial charge in [0.2, 0.25) is 0 Å². The lowest BCUT2D eigenvalue weighted by Gasteiger charge is -2.30. The van der Waals surface area contributed by atoms with Gasteiger partial charge >= 0.3 is 12.2 Å². The fourth-order valence-electron chi connectivity index (χ4n) is 2.25. The number of nitrogens with zero attached hydrogens (tertiary/aromatic N) is 2. The Morgan fingerprint density at radius 3 is 2.26 bits per heavy atom. The third-order valence-electron chi connectivity index (χ3n) is 3.25. The van der Waals surface area contributed by atoms with Crippen LogP contribution in [0.1, 0.15) is 25.7 Å². The molecule has 1 aliphatic carbocycles. The molecule has 0 aliphatic heterocycles. The van der Waals surface area contributed by atoms with Crippen LogP contribution in [0.25, 0.3) is 0 Å². The summed E-state index contributed by atoms with van der Waals surface area (Å²) in [5, 5.41) is 1.97. The Hall–Kier alpha value is -0.980. The first-order valence-electron chi connectivity index (χ1n) is 6.55. The standard InChI is InChI=1S/C12H22F3N3O/c1-17(2)7-8-18(10-5-3-4-6-10)11(19)16-9-12(13,14)15/h10H,3-9H2,1-2H3,(H,16,19). The lowest BCUT2D eigenvalue weighted by atomic mass is 10.2. The Morgan fingerprint density at radius 1 is 1.21 bits per heavy atom. The molecule has 1 N–H and O–H groups in total. The SMILES string of the molecule is CN(C)CCN(C(=O)NCC(F)(F)F)C1CCCC1. The second kappa shape index (κ2) is 6.98. The van der Waals surface area contributed by atoms with Crippen LogP contribution < -0.4 is 5.32 Å². The van der Waals surface area contributed by atoms with Crippen LogP contribution in [0.5, 0.6) is 0 Å². The highest BCUT2D eigenvalue weighted by Gasteiger charge is 2.31. The van der Waals surface area contributed by atoms with E-state index in [9.17, 15) is 18.0 Å². The van der Waals surface area contributed by atoms with Crippen LogP contribution >= 0.6 is 0 Å². The van der Waals surface area contributed by atoms with Gasteiger partial charge in [-0.05, 0) is 26.9 Å². The van der Waals surface area contributed by atoms with Crippen molar-refractivity contribution in [2.45, 2.75) is 37.9 Å². The van der Waals surface area contributed by atoms with Gasteiger partial charge in [-0.2, -0.15) is 13.2 Å². The van der Waals surface area contributed by atoms with Crippen molar-refractivity contribution in [3.8, 4) is 0 Å². The van der Waals surface area contributed by atoms with Gasteiger partial charge in [-0.25, -0.2) is 4.79 Å². The van der Waals surface area contributed by atoms with Crippen LogP contribution in [0.2, 0.25) is 0 Å². The van der Waals surface area contributed by atoms with Crippen molar-refractivity contribution >= 4 is 6.03 Å². The molecule has 0 heterocycles. The number of rotatable bonds is 5. The van der Waals surface area contributed by atoms with E-state index in [2.05, 4.69) is 0 Å². The van der Waals surface area contributed by atoms with E-state index in [1.165, 1.54) is 0 Å². The quantitative estimate of drug-likeness (QED) is 0.837.